The lowest BCUT2D eigenvalue weighted by Crippen LogP contribution is -2.26. The van der Waals surface area contributed by atoms with Gasteiger partial charge in [0.15, 0.2) is 11.5 Å². The van der Waals surface area contributed by atoms with Crippen molar-refractivity contribution >= 4 is 11.4 Å². The second-order valence-electron chi connectivity index (χ2n) is 7.92. The fourth-order valence-corrected chi connectivity index (χ4v) is 3.82. The van der Waals surface area contributed by atoms with Crippen LogP contribution in [0.5, 0.6) is 17.2 Å². The van der Waals surface area contributed by atoms with Crippen molar-refractivity contribution in [2.75, 3.05) is 24.7 Å². The van der Waals surface area contributed by atoms with Crippen LogP contribution in [0.3, 0.4) is 0 Å². The molecule has 0 radical (unpaired) electrons. The number of benzene rings is 3. The van der Waals surface area contributed by atoms with Crippen LogP contribution in [0.15, 0.2) is 72.8 Å². The highest BCUT2D eigenvalue weighted by Crippen LogP contribution is 2.45. The standard InChI is InChI=1S/C27H31NO3/c1-3-4-18-29-21(2)20-22-13-15-23(16-14-22)30-19-17-28-24-9-5-7-11-26(24)31-27-12-8-6-10-25(27)28/h5-16,21H,3-4,17-20H2,1-2H3. The molecule has 0 saturated carbocycles. The van der Waals surface area contributed by atoms with Gasteiger partial charge in [-0.25, -0.2) is 0 Å². The number of para-hydroxylation sites is 4. The summed E-state index contributed by atoms with van der Waals surface area (Å²) in [7, 11) is 0. The highest BCUT2D eigenvalue weighted by atomic mass is 16.5. The number of ether oxygens (including phenoxy) is 3. The van der Waals surface area contributed by atoms with Gasteiger partial charge in [-0.1, -0.05) is 49.7 Å². The van der Waals surface area contributed by atoms with Crippen LogP contribution in [-0.2, 0) is 11.2 Å². The molecule has 4 rings (SSSR count). The Morgan fingerprint density at radius 3 is 2.13 bits per heavy atom. The minimum atomic E-state index is 0.236. The molecule has 0 spiro atoms. The maximum absolute atomic E-state index is 6.06. The molecule has 1 unspecified atom stereocenters. The molecule has 3 aromatic carbocycles. The SMILES string of the molecule is CCCCOC(C)Cc1ccc(OCCN2c3ccccc3Oc3ccccc32)cc1. The van der Waals surface area contributed by atoms with Crippen molar-refractivity contribution in [3.05, 3.63) is 78.4 Å². The fourth-order valence-electron chi connectivity index (χ4n) is 3.82. The van der Waals surface area contributed by atoms with E-state index in [1.807, 2.05) is 36.4 Å². The van der Waals surface area contributed by atoms with Gasteiger partial charge in [-0.3, -0.25) is 0 Å². The Morgan fingerprint density at radius 2 is 1.48 bits per heavy atom. The summed E-state index contributed by atoms with van der Waals surface area (Å²) in [5.41, 5.74) is 3.40. The zero-order valence-electron chi connectivity index (χ0n) is 18.4. The van der Waals surface area contributed by atoms with Gasteiger partial charge in [-0.15, -0.1) is 0 Å². The minimum absolute atomic E-state index is 0.236. The second-order valence-corrected chi connectivity index (χ2v) is 7.92. The summed E-state index contributed by atoms with van der Waals surface area (Å²) in [6, 6.07) is 24.6. The minimum Gasteiger partial charge on any atom is -0.492 e. The van der Waals surface area contributed by atoms with Gasteiger partial charge in [0.25, 0.3) is 0 Å². The maximum Gasteiger partial charge on any atom is 0.151 e. The van der Waals surface area contributed by atoms with Crippen LogP contribution in [0.1, 0.15) is 32.3 Å². The summed E-state index contributed by atoms with van der Waals surface area (Å²) in [5.74, 6) is 2.64. The monoisotopic (exact) mass is 417 g/mol. The highest BCUT2D eigenvalue weighted by Gasteiger charge is 2.23. The van der Waals surface area contributed by atoms with Crippen molar-refractivity contribution in [2.24, 2.45) is 0 Å². The lowest BCUT2D eigenvalue weighted by Gasteiger charge is -2.32. The first-order chi connectivity index (χ1) is 15.2. The molecule has 162 valence electrons. The predicted molar refractivity (Wildman–Crippen MR) is 126 cm³/mol. The molecule has 0 saturated heterocycles. The number of anilines is 2. The lowest BCUT2D eigenvalue weighted by atomic mass is 10.1. The first-order valence-corrected chi connectivity index (χ1v) is 11.2. The molecule has 1 heterocycles. The quantitative estimate of drug-likeness (QED) is 0.341. The third kappa shape index (κ3) is 5.39. The average molecular weight is 418 g/mol. The molecule has 0 aliphatic carbocycles. The number of hydrogen-bond acceptors (Lipinski definition) is 4. The smallest absolute Gasteiger partial charge is 0.151 e. The molecule has 0 N–H and O–H groups in total. The predicted octanol–water partition coefficient (Wildman–Crippen LogP) is 6.76. The molecule has 0 aromatic heterocycles. The van der Waals surface area contributed by atoms with Gasteiger partial charge in [0.1, 0.15) is 12.4 Å². The van der Waals surface area contributed by atoms with Gasteiger partial charge in [0.2, 0.25) is 0 Å². The second kappa shape index (κ2) is 10.4. The van der Waals surface area contributed by atoms with Crippen molar-refractivity contribution < 1.29 is 14.2 Å². The summed E-state index contributed by atoms with van der Waals surface area (Å²) < 4.78 is 18.0. The summed E-state index contributed by atoms with van der Waals surface area (Å²) in [6.07, 6.45) is 3.45. The first-order valence-electron chi connectivity index (χ1n) is 11.2. The van der Waals surface area contributed by atoms with Crippen LogP contribution in [0.4, 0.5) is 11.4 Å². The third-order valence-electron chi connectivity index (χ3n) is 5.46. The van der Waals surface area contributed by atoms with E-state index in [-0.39, 0.29) is 6.10 Å². The molecule has 1 aliphatic heterocycles. The van der Waals surface area contributed by atoms with E-state index in [1.165, 1.54) is 12.0 Å². The molecule has 1 atom stereocenters. The van der Waals surface area contributed by atoms with E-state index in [9.17, 15) is 0 Å². The first kappa shape index (κ1) is 21.3. The lowest BCUT2D eigenvalue weighted by molar-refractivity contribution is 0.0644. The summed E-state index contributed by atoms with van der Waals surface area (Å²) >= 11 is 0. The van der Waals surface area contributed by atoms with Crippen molar-refractivity contribution in [1.82, 2.24) is 0 Å². The number of rotatable bonds is 10. The van der Waals surface area contributed by atoms with Crippen molar-refractivity contribution in [1.29, 1.82) is 0 Å². The Labute approximate surface area is 185 Å². The Morgan fingerprint density at radius 1 is 0.839 bits per heavy atom. The van der Waals surface area contributed by atoms with Crippen molar-refractivity contribution in [2.45, 2.75) is 39.2 Å². The van der Waals surface area contributed by atoms with Gasteiger partial charge in [0, 0.05) is 6.61 Å². The molecular formula is C27H31NO3. The van der Waals surface area contributed by atoms with E-state index in [4.69, 9.17) is 14.2 Å². The molecular weight excluding hydrogens is 386 g/mol. The van der Waals surface area contributed by atoms with Gasteiger partial charge in [-0.2, -0.15) is 0 Å². The van der Waals surface area contributed by atoms with Crippen LogP contribution in [-0.4, -0.2) is 25.9 Å². The van der Waals surface area contributed by atoms with Gasteiger partial charge in [-0.05, 0) is 61.7 Å². The normalized spacial score (nSPS) is 13.2. The van der Waals surface area contributed by atoms with Crippen LogP contribution in [0.25, 0.3) is 0 Å². The molecule has 0 fully saturated rings. The molecule has 31 heavy (non-hydrogen) atoms. The summed E-state index contributed by atoms with van der Waals surface area (Å²) in [4.78, 5) is 2.26. The van der Waals surface area contributed by atoms with Crippen LogP contribution in [0.2, 0.25) is 0 Å². The molecule has 3 aromatic rings. The largest absolute Gasteiger partial charge is 0.492 e. The number of nitrogens with zero attached hydrogens (tertiary/aromatic N) is 1. The van der Waals surface area contributed by atoms with Crippen molar-refractivity contribution in [3.63, 3.8) is 0 Å². The van der Waals surface area contributed by atoms with Crippen LogP contribution >= 0.6 is 0 Å². The molecule has 0 amide bonds. The molecule has 4 heteroatoms. The zero-order chi connectivity index (χ0) is 21.5. The van der Waals surface area contributed by atoms with E-state index in [1.54, 1.807) is 0 Å². The maximum atomic E-state index is 6.06. The van der Waals surface area contributed by atoms with E-state index >= 15 is 0 Å². The number of hydrogen-bond donors (Lipinski definition) is 0. The number of fused-ring (bicyclic) bond motifs is 2. The summed E-state index contributed by atoms with van der Waals surface area (Å²) in [5, 5.41) is 0. The van der Waals surface area contributed by atoms with Gasteiger partial charge >= 0.3 is 0 Å². The average Bonchev–Trinajstić information content (AvgIpc) is 2.80. The van der Waals surface area contributed by atoms with Crippen LogP contribution < -0.4 is 14.4 Å². The van der Waals surface area contributed by atoms with E-state index in [0.29, 0.717) is 6.61 Å². The van der Waals surface area contributed by atoms with Crippen molar-refractivity contribution in [3.8, 4) is 17.2 Å². The summed E-state index contributed by atoms with van der Waals surface area (Å²) in [6.45, 7) is 6.48. The molecule has 4 nitrogen and oxygen atoms in total. The topological polar surface area (TPSA) is 30.9 Å². The molecule has 1 aliphatic rings. The van der Waals surface area contributed by atoms with Crippen LogP contribution in [0, 0.1) is 0 Å². The van der Waals surface area contributed by atoms with E-state index < -0.39 is 0 Å². The highest BCUT2D eigenvalue weighted by molar-refractivity contribution is 5.77. The molecule has 0 bridgehead atoms. The Bertz CT molecular complexity index is 925. The van der Waals surface area contributed by atoms with E-state index in [2.05, 4.69) is 55.1 Å². The van der Waals surface area contributed by atoms with Gasteiger partial charge < -0.3 is 19.1 Å². The Kier molecular flexibility index (Phi) is 7.11. The number of unbranched alkanes of at least 4 members (excludes halogenated alkanes) is 1. The Balaban J connectivity index is 1.34. The third-order valence-corrected chi connectivity index (χ3v) is 5.46. The Hall–Kier alpha value is -2.98. The fraction of sp³-hybridized carbons (Fsp3) is 0.333. The zero-order valence-corrected chi connectivity index (χ0v) is 18.4. The van der Waals surface area contributed by atoms with E-state index in [0.717, 1.165) is 54.6 Å². The van der Waals surface area contributed by atoms with Gasteiger partial charge in [0.05, 0.1) is 24.0 Å².